The zero-order valence-corrected chi connectivity index (χ0v) is 15.8. The van der Waals surface area contributed by atoms with Gasteiger partial charge in [-0.3, -0.25) is 9.69 Å². The summed E-state index contributed by atoms with van der Waals surface area (Å²) >= 11 is 0. The highest BCUT2D eigenvalue weighted by Gasteiger charge is 2.21. The van der Waals surface area contributed by atoms with Crippen LogP contribution in [0.5, 0.6) is 0 Å². The van der Waals surface area contributed by atoms with Crippen LogP contribution >= 0.6 is 0 Å². The number of hydrogen-bond acceptors (Lipinski definition) is 4. The predicted molar refractivity (Wildman–Crippen MR) is 102 cm³/mol. The predicted octanol–water partition coefficient (Wildman–Crippen LogP) is 1.40. The molecule has 1 aromatic heterocycles. The molecule has 0 aliphatic carbocycles. The number of amides is 1. The first-order valence-electron chi connectivity index (χ1n) is 8.78. The van der Waals surface area contributed by atoms with Crippen LogP contribution in [0.2, 0.25) is 0 Å². The molecule has 1 saturated heterocycles. The summed E-state index contributed by atoms with van der Waals surface area (Å²) in [5.41, 5.74) is 2.81. The number of nitrogens with zero attached hydrogens (tertiary/aromatic N) is 4. The normalized spacial score (nSPS) is 16.2. The van der Waals surface area contributed by atoms with Crippen LogP contribution in [0.25, 0.3) is 10.9 Å². The van der Waals surface area contributed by atoms with Gasteiger partial charge in [0.05, 0.1) is 17.6 Å². The molecule has 2 aromatic rings. The Morgan fingerprint density at radius 1 is 1.15 bits per heavy atom. The van der Waals surface area contributed by atoms with Crippen LogP contribution in [0.3, 0.4) is 0 Å². The molecule has 1 aliphatic heterocycles. The molecule has 1 N–H and O–H groups in total. The zero-order valence-electron chi connectivity index (χ0n) is 15.8. The van der Waals surface area contributed by atoms with Crippen LogP contribution < -0.4 is 4.90 Å². The molecule has 0 saturated carbocycles. The SMILES string of the molecule is Cc1cc(N(C)C(=O)CN2CCN(C)CC2)cc2c(C(=O)O)cn(C)c12. The van der Waals surface area contributed by atoms with Gasteiger partial charge in [-0.1, -0.05) is 0 Å². The van der Waals surface area contributed by atoms with Crippen LogP contribution in [0.15, 0.2) is 18.3 Å². The lowest BCUT2D eigenvalue weighted by atomic mass is 10.1. The number of carbonyl (C=O) groups excluding carboxylic acids is 1. The van der Waals surface area contributed by atoms with Gasteiger partial charge in [-0.2, -0.15) is 0 Å². The number of piperazine rings is 1. The number of aromatic carboxylic acids is 1. The lowest BCUT2D eigenvalue weighted by molar-refractivity contribution is -0.119. The van der Waals surface area contributed by atoms with E-state index in [-0.39, 0.29) is 11.5 Å². The topological polar surface area (TPSA) is 69.0 Å². The van der Waals surface area contributed by atoms with Crippen molar-refractivity contribution < 1.29 is 14.7 Å². The lowest BCUT2D eigenvalue weighted by Crippen LogP contribution is -2.48. The van der Waals surface area contributed by atoms with Crippen molar-refractivity contribution >= 4 is 28.5 Å². The molecule has 0 unspecified atom stereocenters. The molecule has 3 rings (SSSR count). The van der Waals surface area contributed by atoms with Gasteiger partial charge in [-0.25, -0.2) is 4.79 Å². The molecule has 7 heteroatoms. The first kappa shape index (κ1) is 18.4. The molecule has 1 aromatic carbocycles. The maximum Gasteiger partial charge on any atom is 0.337 e. The minimum atomic E-state index is -0.960. The van der Waals surface area contributed by atoms with Gasteiger partial charge in [0, 0.05) is 57.5 Å². The van der Waals surface area contributed by atoms with Crippen LogP contribution in [0.4, 0.5) is 5.69 Å². The molecule has 0 bridgehead atoms. The van der Waals surface area contributed by atoms with Gasteiger partial charge in [-0.05, 0) is 31.7 Å². The quantitative estimate of drug-likeness (QED) is 0.895. The first-order valence-corrected chi connectivity index (χ1v) is 8.78. The molecule has 1 aliphatic rings. The molecule has 2 heterocycles. The second-order valence-corrected chi connectivity index (χ2v) is 7.15. The average Bonchev–Trinajstić information content (AvgIpc) is 2.93. The molecule has 7 nitrogen and oxygen atoms in total. The maximum atomic E-state index is 12.7. The number of likely N-dealkylation sites (N-methyl/N-ethyl adjacent to an activating group) is 2. The summed E-state index contributed by atoms with van der Waals surface area (Å²) in [5.74, 6) is -0.945. The molecule has 1 amide bonds. The first-order chi connectivity index (χ1) is 12.3. The third-order valence-electron chi connectivity index (χ3n) is 5.20. The molecule has 1 fully saturated rings. The lowest BCUT2D eigenvalue weighted by Gasteiger charge is -2.32. The van der Waals surface area contributed by atoms with E-state index in [9.17, 15) is 14.7 Å². The van der Waals surface area contributed by atoms with E-state index in [4.69, 9.17) is 0 Å². The van der Waals surface area contributed by atoms with E-state index in [0.29, 0.717) is 11.9 Å². The van der Waals surface area contributed by atoms with Crippen molar-refractivity contribution in [3.63, 3.8) is 0 Å². The van der Waals surface area contributed by atoms with Crippen molar-refractivity contribution in [3.8, 4) is 0 Å². The van der Waals surface area contributed by atoms with E-state index < -0.39 is 5.97 Å². The summed E-state index contributed by atoms with van der Waals surface area (Å²) < 4.78 is 1.82. The average molecular weight is 358 g/mol. The third kappa shape index (κ3) is 3.45. The highest BCUT2D eigenvalue weighted by atomic mass is 16.4. The molecule has 0 spiro atoms. The van der Waals surface area contributed by atoms with Gasteiger partial charge in [0.1, 0.15) is 0 Å². The molecule has 0 atom stereocenters. The standard InChI is InChI=1S/C19H26N4O3/c1-13-9-14(10-15-16(19(25)26)11-21(3)18(13)15)22(4)17(24)12-23-7-5-20(2)6-8-23/h9-11H,5-8,12H2,1-4H3,(H,25,26). The van der Waals surface area contributed by atoms with E-state index in [1.807, 2.05) is 24.6 Å². The fourth-order valence-corrected chi connectivity index (χ4v) is 3.57. The summed E-state index contributed by atoms with van der Waals surface area (Å²) in [6.07, 6.45) is 1.62. The number of carboxylic acids is 1. The van der Waals surface area contributed by atoms with E-state index in [1.165, 1.54) is 0 Å². The summed E-state index contributed by atoms with van der Waals surface area (Å²) in [7, 11) is 5.68. The number of aromatic nitrogens is 1. The van der Waals surface area contributed by atoms with Crippen molar-refractivity contribution in [2.45, 2.75) is 6.92 Å². The van der Waals surface area contributed by atoms with Crippen LogP contribution in [0, 0.1) is 6.92 Å². The summed E-state index contributed by atoms with van der Waals surface area (Å²) in [6, 6.07) is 3.74. The van der Waals surface area contributed by atoms with Crippen molar-refractivity contribution in [1.82, 2.24) is 14.4 Å². The van der Waals surface area contributed by atoms with Gasteiger partial charge in [-0.15, -0.1) is 0 Å². The van der Waals surface area contributed by atoms with E-state index in [2.05, 4.69) is 16.8 Å². The van der Waals surface area contributed by atoms with E-state index in [0.717, 1.165) is 42.9 Å². The van der Waals surface area contributed by atoms with Crippen molar-refractivity contribution in [2.75, 3.05) is 51.7 Å². The number of hydrogen-bond donors (Lipinski definition) is 1. The number of benzene rings is 1. The number of rotatable bonds is 4. The van der Waals surface area contributed by atoms with Crippen molar-refractivity contribution in [1.29, 1.82) is 0 Å². The number of anilines is 1. The Labute approximate surface area is 153 Å². The van der Waals surface area contributed by atoms with E-state index >= 15 is 0 Å². The smallest absolute Gasteiger partial charge is 0.337 e. The Morgan fingerprint density at radius 2 is 1.81 bits per heavy atom. The highest BCUT2D eigenvalue weighted by Crippen LogP contribution is 2.29. The number of fused-ring (bicyclic) bond motifs is 1. The Bertz CT molecular complexity index is 850. The third-order valence-corrected chi connectivity index (χ3v) is 5.20. The second kappa shape index (κ2) is 7.09. The van der Waals surface area contributed by atoms with Gasteiger partial charge in [0.15, 0.2) is 0 Å². The Hall–Kier alpha value is -2.38. The zero-order chi connectivity index (χ0) is 19.0. The van der Waals surface area contributed by atoms with Gasteiger partial charge < -0.3 is 19.5 Å². The molecule has 140 valence electrons. The monoisotopic (exact) mass is 358 g/mol. The molecule has 0 radical (unpaired) electrons. The minimum Gasteiger partial charge on any atom is -0.478 e. The van der Waals surface area contributed by atoms with Crippen LogP contribution in [-0.2, 0) is 11.8 Å². The maximum absolute atomic E-state index is 12.7. The minimum absolute atomic E-state index is 0.0149. The summed E-state index contributed by atoms with van der Waals surface area (Å²) in [5, 5.41) is 10.1. The van der Waals surface area contributed by atoms with Crippen molar-refractivity contribution in [3.05, 3.63) is 29.5 Å². The van der Waals surface area contributed by atoms with Gasteiger partial charge >= 0.3 is 5.97 Å². The number of carbonyl (C=O) groups is 2. The van der Waals surface area contributed by atoms with Crippen LogP contribution in [-0.4, -0.2) is 78.2 Å². The van der Waals surface area contributed by atoms with E-state index in [1.54, 1.807) is 24.2 Å². The molecular weight excluding hydrogens is 332 g/mol. The van der Waals surface area contributed by atoms with Crippen LogP contribution in [0.1, 0.15) is 15.9 Å². The summed E-state index contributed by atoms with van der Waals surface area (Å²) in [4.78, 5) is 30.3. The Morgan fingerprint density at radius 3 is 2.42 bits per heavy atom. The molecule has 26 heavy (non-hydrogen) atoms. The second-order valence-electron chi connectivity index (χ2n) is 7.15. The number of aryl methyl sites for hydroxylation is 2. The largest absolute Gasteiger partial charge is 0.478 e. The Balaban J connectivity index is 1.86. The fraction of sp³-hybridized carbons (Fsp3) is 0.474. The fourth-order valence-electron chi connectivity index (χ4n) is 3.57. The Kier molecular flexibility index (Phi) is 5.02. The van der Waals surface area contributed by atoms with Gasteiger partial charge in [0.2, 0.25) is 5.91 Å². The molecular formula is C19H26N4O3. The highest BCUT2D eigenvalue weighted by molar-refractivity contribution is 6.06. The van der Waals surface area contributed by atoms with Crippen molar-refractivity contribution in [2.24, 2.45) is 7.05 Å². The number of carboxylic acid groups (broad SMARTS) is 1. The van der Waals surface area contributed by atoms with Gasteiger partial charge in [0.25, 0.3) is 0 Å². The summed E-state index contributed by atoms with van der Waals surface area (Å²) in [6.45, 7) is 6.02.